The van der Waals surface area contributed by atoms with Gasteiger partial charge in [0.1, 0.15) is 11.6 Å². The normalized spacial score (nSPS) is 10.8. The summed E-state index contributed by atoms with van der Waals surface area (Å²) in [5.41, 5.74) is 20.3. The third kappa shape index (κ3) is 6.99. The van der Waals surface area contributed by atoms with Crippen LogP contribution < -0.4 is 27.8 Å². The molecule has 0 aliphatic rings. The molecule has 0 unspecified atom stereocenters. The number of nitrogens with two attached hydrogens (primary N) is 3. The smallest absolute Gasteiger partial charge is 0.320 e. The van der Waals surface area contributed by atoms with E-state index in [1.54, 1.807) is 60.9 Å². The van der Waals surface area contributed by atoms with Crippen LogP contribution >= 0.6 is 46.4 Å². The van der Waals surface area contributed by atoms with Gasteiger partial charge in [-0.3, -0.25) is 5.32 Å². The van der Waals surface area contributed by atoms with Crippen molar-refractivity contribution in [1.82, 2.24) is 35.2 Å². The van der Waals surface area contributed by atoms with Crippen LogP contribution in [-0.4, -0.2) is 42.5 Å². The van der Waals surface area contributed by atoms with Crippen molar-refractivity contribution in [1.29, 1.82) is 0 Å². The quantitative estimate of drug-likeness (QED) is 0.131. The molecule has 2 aromatic carbocycles. The van der Waals surface area contributed by atoms with Crippen LogP contribution in [-0.2, 0) is 0 Å². The Hall–Kier alpha value is -4.75. The second-order valence-corrected chi connectivity index (χ2v) is 10.9. The molecule has 12 nitrogen and oxygen atoms in total. The lowest BCUT2D eigenvalue weighted by Gasteiger charge is -2.14. The van der Waals surface area contributed by atoms with Gasteiger partial charge in [0.15, 0.2) is 11.3 Å². The van der Waals surface area contributed by atoms with E-state index >= 15 is 0 Å². The Labute approximate surface area is 276 Å². The average Bonchev–Trinajstić information content (AvgIpc) is 2.98. The van der Waals surface area contributed by atoms with E-state index < -0.39 is 6.03 Å². The third-order valence-electron chi connectivity index (χ3n) is 6.24. The fourth-order valence-electron chi connectivity index (χ4n) is 4.28. The van der Waals surface area contributed by atoms with Crippen molar-refractivity contribution in [3.8, 4) is 22.3 Å². The van der Waals surface area contributed by atoms with Gasteiger partial charge in [0.25, 0.3) is 0 Å². The van der Waals surface area contributed by atoms with Gasteiger partial charge in [0.2, 0.25) is 11.9 Å². The maximum absolute atomic E-state index is 12.0. The first-order valence-corrected chi connectivity index (χ1v) is 14.6. The maximum Gasteiger partial charge on any atom is 0.320 e. The highest BCUT2D eigenvalue weighted by molar-refractivity contribution is 6.40. The van der Waals surface area contributed by atoms with Crippen molar-refractivity contribution >= 4 is 98.0 Å². The molecule has 0 spiro atoms. The van der Waals surface area contributed by atoms with E-state index in [4.69, 9.17) is 63.6 Å². The number of pyridine rings is 2. The van der Waals surface area contributed by atoms with Gasteiger partial charge in [-0.15, -0.1) is 0 Å². The Kier molecular flexibility index (Phi) is 9.49. The number of hydrogen-bond acceptors (Lipinski definition) is 10. The van der Waals surface area contributed by atoms with Gasteiger partial charge in [-0.2, -0.15) is 9.97 Å². The SMILES string of the molecule is CCNC(=O)Nc1nc2nc(N)ncc2cc1-c1c(Cl)cccc1Cl.Nc1ncc2cc(-c3c(Cl)cccc3Cl)c(N)nc2n1. The molecule has 228 valence electrons. The van der Waals surface area contributed by atoms with E-state index in [9.17, 15) is 4.79 Å². The Balaban J connectivity index is 0.000000182. The van der Waals surface area contributed by atoms with E-state index in [2.05, 4.69) is 40.5 Å². The molecule has 45 heavy (non-hydrogen) atoms. The number of benzene rings is 2. The van der Waals surface area contributed by atoms with Crippen LogP contribution in [0.5, 0.6) is 0 Å². The summed E-state index contributed by atoms with van der Waals surface area (Å²) in [6.45, 7) is 2.28. The number of anilines is 4. The number of carbonyl (C=O) groups is 1. The van der Waals surface area contributed by atoms with Gasteiger partial charge < -0.3 is 22.5 Å². The Morgan fingerprint density at radius 3 is 1.69 bits per heavy atom. The van der Waals surface area contributed by atoms with E-state index in [1.165, 1.54) is 0 Å². The summed E-state index contributed by atoms with van der Waals surface area (Å²) in [5.74, 6) is 0.789. The summed E-state index contributed by atoms with van der Waals surface area (Å²) in [7, 11) is 0. The first kappa shape index (κ1) is 31.7. The molecule has 0 saturated heterocycles. The predicted octanol–water partition coefficient (Wildman–Crippen LogP) is 6.89. The lowest BCUT2D eigenvalue weighted by molar-refractivity contribution is 0.252. The van der Waals surface area contributed by atoms with Crippen LogP contribution in [0.15, 0.2) is 60.9 Å². The summed E-state index contributed by atoms with van der Waals surface area (Å²) in [6, 6.07) is 13.6. The van der Waals surface area contributed by atoms with Crippen molar-refractivity contribution in [3.63, 3.8) is 0 Å². The summed E-state index contributed by atoms with van der Waals surface area (Å²) in [6.07, 6.45) is 3.13. The number of halogens is 4. The molecule has 0 aliphatic heterocycles. The highest BCUT2D eigenvalue weighted by Crippen LogP contribution is 2.40. The Bertz CT molecular complexity index is 2040. The Morgan fingerprint density at radius 1 is 0.711 bits per heavy atom. The summed E-state index contributed by atoms with van der Waals surface area (Å²) >= 11 is 25.0. The number of amides is 2. The van der Waals surface area contributed by atoms with E-state index in [0.717, 1.165) is 0 Å². The minimum Gasteiger partial charge on any atom is -0.383 e. The molecule has 4 aromatic heterocycles. The molecule has 0 saturated carbocycles. The molecule has 2 amide bonds. The van der Waals surface area contributed by atoms with E-state index in [0.29, 0.717) is 71.0 Å². The molecule has 4 heterocycles. The van der Waals surface area contributed by atoms with Gasteiger partial charge in [-0.25, -0.2) is 24.7 Å². The zero-order chi connectivity index (χ0) is 32.2. The highest BCUT2D eigenvalue weighted by Gasteiger charge is 2.18. The fraction of sp³-hybridized carbons (Fsp3) is 0.0690. The van der Waals surface area contributed by atoms with Crippen LogP contribution in [0, 0.1) is 0 Å². The fourth-order valence-corrected chi connectivity index (χ4v) is 5.48. The van der Waals surface area contributed by atoms with Gasteiger partial charge >= 0.3 is 6.03 Å². The number of urea groups is 1. The van der Waals surface area contributed by atoms with Crippen LogP contribution in [0.3, 0.4) is 0 Å². The minimum atomic E-state index is -0.402. The number of rotatable bonds is 4. The van der Waals surface area contributed by atoms with E-state index in [-0.39, 0.29) is 23.5 Å². The first-order valence-electron chi connectivity index (χ1n) is 13.1. The molecule has 0 radical (unpaired) electrons. The van der Waals surface area contributed by atoms with Crippen molar-refractivity contribution in [3.05, 3.63) is 81.0 Å². The number of hydrogen-bond donors (Lipinski definition) is 5. The largest absolute Gasteiger partial charge is 0.383 e. The van der Waals surface area contributed by atoms with Gasteiger partial charge in [0, 0.05) is 52.0 Å². The molecular formula is C29H23Cl4N11O. The zero-order valence-electron chi connectivity index (χ0n) is 23.3. The summed E-state index contributed by atoms with van der Waals surface area (Å²) in [5, 5.41) is 8.56. The lowest BCUT2D eigenvalue weighted by Crippen LogP contribution is -2.28. The number of nitrogens with zero attached hydrogens (tertiary/aromatic N) is 6. The second kappa shape index (κ2) is 13.5. The molecule has 6 rings (SSSR count). The topological polar surface area (TPSA) is 197 Å². The molecule has 6 aromatic rings. The summed E-state index contributed by atoms with van der Waals surface area (Å²) < 4.78 is 0. The molecule has 0 atom stereocenters. The predicted molar refractivity (Wildman–Crippen MR) is 182 cm³/mol. The monoisotopic (exact) mass is 681 g/mol. The van der Waals surface area contributed by atoms with Gasteiger partial charge in [-0.1, -0.05) is 58.5 Å². The molecule has 0 aliphatic carbocycles. The summed E-state index contributed by atoms with van der Waals surface area (Å²) in [4.78, 5) is 36.6. The average molecular weight is 683 g/mol. The standard InChI is InChI=1S/C16H14Cl2N6O.C13H9Cl2N5/c1-2-20-16(25)24-14-9(12-10(17)4-3-5-11(12)18)6-8-7-21-15(19)23-13(8)22-14;14-8-2-1-3-9(15)10(8)7-4-6-5-18-13(17)20-12(6)19-11(7)16/h3-7H,2H2,1H3,(H4,19,20,21,22,23,24,25);1-5H,(H4,16,17,18,19,20). The van der Waals surface area contributed by atoms with Crippen LogP contribution in [0.4, 0.5) is 28.3 Å². The van der Waals surface area contributed by atoms with Gasteiger partial charge in [-0.05, 0) is 43.3 Å². The third-order valence-corrected chi connectivity index (χ3v) is 7.50. The molecular weight excluding hydrogens is 660 g/mol. The number of nitrogen functional groups attached to an aromatic ring is 3. The molecule has 8 N–H and O–H groups in total. The maximum atomic E-state index is 12.0. The molecule has 0 fully saturated rings. The first-order chi connectivity index (χ1) is 21.5. The second-order valence-electron chi connectivity index (χ2n) is 9.27. The highest BCUT2D eigenvalue weighted by atomic mass is 35.5. The van der Waals surface area contributed by atoms with E-state index in [1.807, 2.05) is 6.92 Å². The number of carbonyl (C=O) groups excluding carboxylic acids is 1. The Morgan fingerprint density at radius 2 is 1.18 bits per heavy atom. The van der Waals surface area contributed by atoms with Gasteiger partial charge in [0.05, 0.1) is 20.1 Å². The van der Waals surface area contributed by atoms with Crippen LogP contribution in [0.2, 0.25) is 20.1 Å². The molecule has 0 bridgehead atoms. The van der Waals surface area contributed by atoms with Crippen molar-refractivity contribution in [2.45, 2.75) is 6.92 Å². The number of nitrogens with one attached hydrogen (secondary N) is 2. The van der Waals surface area contributed by atoms with Crippen molar-refractivity contribution in [2.24, 2.45) is 0 Å². The lowest BCUT2D eigenvalue weighted by atomic mass is 10.0. The van der Waals surface area contributed by atoms with Crippen LogP contribution in [0.1, 0.15) is 6.92 Å². The van der Waals surface area contributed by atoms with Crippen molar-refractivity contribution in [2.75, 3.05) is 29.1 Å². The molecule has 16 heteroatoms. The van der Waals surface area contributed by atoms with Crippen LogP contribution in [0.25, 0.3) is 44.3 Å². The number of aromatic nitrogens is 6. The minimum absolute atomic E-state index is 0.0903. The number of fused-ring (bicyclic) bond motifs is 2. The zero-order valence-corrected chi connectivity index (χ0v) is 26.3. The van der Waals surface area contributed by atoms with Crippen molar-refractivity contribution < 1.29 is 4.79 Å².